The molecule has 3 nitrogen and oxygen atoms in total. The van der Waals surface area contributed by atoms with Crippen molar-refractivity contribution in [3.8, 4) is 0 Å². The Labute approximate surface area is 200 Å². The first-order chi connectivity index (χ1) is 15.8. The molecule has 2 N–H and O–H groups in total. The van der Waals surface area contributed by atoms with Crippen molar-refractivity contribution in [3.63, 3.8) is 0 Å². The van der Waals surface area contributed by atoms with Gasteiger partial charge in [0.1, 0.15) is 0 Å². The molecular weight excluding hydrogens is 428 g/mol. The summed E-state index contributed by atoms with van der Waals surface area (Å²) < 4.78 is 0. The number of hydrogen-bond donors (Lipinski definition) is 2. The van der Waals surface area contributed by atoms with E-state index in [1.165, 1.54) is 11.1 Å². The first-order valence-corrected chi connectivity index (χ1v) is 11.9. The minimum atomic E-state index is -0.290. The second-order valence-electron chi connectivity index (χ2n) is 10.1. The molecule has 168 valence electrons. The number of allylic oxidation sites excluding steroid dienone is 1. The zero-order valence-corrected chi connectivity index (χ0v) is 20.0. The SMILES string of the molecule is CC(C)(C)c1ccc([C@@H]2CC(=O)C3=C(C2)Nc2ccccc2N[C@H]3c2ccccc2Cl)cc1. The highest BCUT2D eigenvalue weighted by Crippen LogP contribution is 2.45. The van der Waals surface area contributed by atoms with Gasteiger partial charge >= 0.3 is 0 Å². The van der Waals surface area contributed by atoms with Crippen LogP contribution in [0.25, 0.3) is 0 Å². The standard InChI is InChI=1S/C29H29ClN2O/c1-29(2,3)20-14-12-18(13-15-20)19-16-25-27(26(33)17-19)28(21-8-4-5-9-22(21)30)32-24-11-7-6-10-23(24)31-25/h4-15,19,28,31-32H,16-17H2,1-3H3/t19-,28-/m0/s1. The average Bonchev–Trinajstić information content (AvgIpc) is 2.95. The summed E-state index contributed by atoms with van der Waals surface area (Å²) in [7, 11) is 0. The Hall–Kier alpha value is -3.04. The molecule has 3 aromatic carbocycles. The van der Waals surface area contributed by atoms with E-state index in [9.17, 15) is 4.79 Å². The van der Waals surface area contributed by atoms with Crippen molar-refractivity contribution in [3.05, 3.63) is 106 Å². The lowest BCUT2D eigenvalue weighted by Gasteiger charge is -2.30. The Kier molecular flexibility index (Phi) is 5.54. The summed E-state index contributed by atoms with van der Waals surface area (Å²) in [5.41, 5.74) is 7.28. The second-order valence-corrected chi connectivity index (χ2v) is 10.5. The highest BCUT2D eigenvalue weighted by Gasteiger charge is 2.36. The van der Waals surface area contributed by atoms with Gasteiger partial charge in [-0.25, -0.2) is 0 Å². The van der Waals surface area contributed by atoms with Gasteiger partial charge in [0.15, 0.2) is 5.78 Å². The molecule has 0 bridgehead atoms. The van der Waals surface area contributed by atoms with Crippen molar-refractivity contribution in [1.29, 1.82) is 0 Å². The lowest BCUT2D eigenvalue weighted by atomic mass is 9.77. The molecule has 0 saturated heterocycles. The normalized spacial score (nSPS) is 20.3. The molecule has 33 heavy (non-hydrogen) atoms. The zero-order chi connectivity index (χ0) is 23.2. The number of benzene rings is 3. The minimum Gasteiger partial charge on any atom is -0.372 e. The number of nitrogens with one attached hydrogen (secondary N) is 2. The van der Waals surface area contributed by atoms with Gasteiger partial charge in [0.25, 0.3) is 0 Å². The van der Waals surface area contributed by atoms with Gasteiger partial charge in [0, 0.05) is 22.7 Å². The third-order valence-electron chi connectivity index (χ3n) is 6.77. The van der Waals surface area contributed by atoms with Crippen molar-refractivity contribution in [2.75, 3.05) is 10.6 Å². The molecule has 0 spiro atoms. The van der Waals surface area contributed by atoms with Gasteiger partial charge in [-0.05, 0) is 52.6 Å². The van der Waals surface area contributed by atoms with Crippen LogP contribution in [-0.4, -0.2) is 5.78 Å². The van der Waals surface area contributed by atoms with Crippen LogP contribution < -0.4 is 10.6 Å². The average molecular weight is 457 g/mol. The summed E-state index contributed by atoms with van der Waals surface area (Å²) in [5, 5.41) is 7.86. The van der Waals surface area contributed by atoms with E-state index in [2.05, 4.69) is 55.7 Å². The molecule has 3 aromatic rings. The summed E-state index contributed by atoms with van der Waals surface area (Å²) >= 11 is 6.60. The summed E-state index contributed by atoms with van der Waals surface area (Å²) in [4.78, 5) is 13.7. The van der Waals surface area contributed by atoms with Gasteiger partial charge in [0.2, 0.25) is 0 Å². The number of halogens is 1. The predicted molar refractivity (Wildman–Crippen MR) is 137 cm³/mol. The molecule has 0 amide bonds. The van der Waals surface area contributed by atoms with Crippen LogP contribution in [-0.2, 0) is 10.2 Å². The van der Waals surface area contributed by atoms with Crippen LogP contribution >= 0.6 is 11.6 Å². The van der Waals surface area contributed by atoms with E-state index >= 15 is 0 Å². The van der Waals surface area contributed by atoms with Crippen LogP contribution in [0.4, 0.5) is 11.4 Å². The maximum absolute atomic E-state index is 13.7. The van der Waals surface area contributed by atoms with Gasteiger partial charge in [-0.2, -0.15) is 0 Å². The molecule has 4 heteroatoms. The van der Waals surface area contributed by atoms with Crippen LogP contribution in [0.2, 0.25) is 5.02 Å². The van der Waals surface area contributed by atoms with Crippen LogP contribution in [0.3, 0.4) is 0 Å². The molecule has 2 aliphatic rings. The number of carbonyl (C=O) groups is 1. The smallest absolute Gasteiger partial charge is 0.163 e. The summed E-state index contributed by atoms with van der Waals surface area (Å²) in [6.45, 7) is 6.66. The maximum Gasteiger partial charge on any atom is 0.163 e. The largest absolute Gasteiger partial charge is 0.372 e. The molecule has 0 fully saturated rings. The van der Waals surface area contributed by atoms with Gasteiger partial charge < -0.3 is 10.6 Å². The Morgan fingerprint density at radius 2 is 1.52 bits per heavy atom. The Morgan fingerprint density at radius 3 is 2.21 bits per heavy atom. The number of fused-ring (bicyclic) bond motifs is 1. The highest BCUT2D eigenvalue weighted by atomic mass is 35.5. The minimum absolute atomic E-state index is 0.108. The van der Waals surface area contributed by atoms with Gasteiger partial charge in [0.05, 0.1) is 17.4 Å². The summed E-state index contributed by atoms with van der Waals surface area (Å²) in [6, 6.07) is 24.4. The molecule has 0 saturated carbocycles. The van der Waals surface area contributed by atoms with Crippen LogP contribution in [0.1, 0.15) is 62.3 Å². The monoisotopic (exact) mass is 456 g/mol. The third kappa shape index (κ3) is 4.18. The van der Waals surface area contributed by atoms with E-state index in [1.54, 1.807) is 0 Å². The molecule has 0 aromatic heterocycles. The fourth-order valence-corrected chi connectivity index (χ4v) is 5.17. The van der Waals surface area contributed by atoms with E-state index in [0.717, 1.165) is 34.6 Å². The maximum atomic E-state index is 13.7. The van der Waals surface area contributed by atoms with Crippen LogP contribution in [0, 0.1) is 0 Å². The molecule has 1 aliphatic heterocycles. The van der Waals surface area contributed by atoms with Crippen molar-refractivity contribution in [1.82, 2.24) is 0 Å². The Morgan fingerprint density at radius 1 is 0.848 bits per heavy atom. The number of Topliss-reactive ketones (excluding diaryl/α,β-unsaturated/α-hetero) is 1. The van der Waals surface area contributed by atoms with Crippen LogP contribution in [0.5, 0.6) is 0 Å². The number of hydrogen-bond acceptors (Lipinski definition) is 3. The van der Waals surface area contributed by atoms with Crippen LogP contribution in [0.15, 0.2) is 84.1 Å². The number of ketones is 1. The summed E-state index contributed by atoms with van der Waals surface area (Å²) in [5.74, 6) is 0.314. The van der Waals surface area contributed by atoms with Gasteiger partial charge in [-0.1, -0.05) is 87.0 Å². The van der Waals surface area contributed by atoms with Crippen molar-refractivity contribution < 1.29 is 4.79 Å². The Bertz CT molecular complexity index is 1240. The Balaban J connectivity index is 1.56. The quantitative estimate of drug-likeness (QED) is 0.416. The number of carbonyl (C=O) groups excluding carboxylic acids is 1. The van der Waals surface area contributed by atoms with Crippen molar-refractivity contribution in [2.45, 2.75) is 51.0 Å². The number of para-hydroxylation sites is 2. The van der Waals surface area contributed by atoms with Gasteiger partial charge in [-0.3, -0.25) is 4.79 Å². The molecule has 1 heterocycles. The molecule has 0 radical (unpaired) electrons. The van der Waals surface area contributed by atoms with E-state index in [1.807, 2.05) is 48.5 Å². The lowest BCUT2D eigenvalue weighted by Crippen LogP contribution is -2.27. The first kappa shape index (κ1) is 21.8. The topological polar surface area (TPSA) is 41.1 Å². The fourth-order valence-electron chi connectivity index (χ4n) is 4.93. The molecular formula is C29H29ClN2O. The third-order valence-corrected chi connectivity index (χ3v) is 7.12. The predicted octanol–water partition coefficient (Wildman–Crippen LogP) is 7.62. The summed E-state index contributed by atoms with van der Waals surface area (Å²) in [6.07, 6.45) is 1.28. The van der Waals surface area contributed by atoms with E-state index in [0.29, 0.717) is 11.4 Å². The van der Waals surface area contributed by atoms with E-state index in [-0.39, 0.29) is 23.2 Å². The lowest BCUT2D eigenvalue weighted by molar-refractivity contribution is -0.116. The van der Waals surface area contributed by atoms with Crippen molar-refractivity contribution >= 4 is 28.8 Å². The first-order valence-electron chi connectivity index (χ1n) is 11.5. The molecule has 1 aliphatic carbocycles. The highest BCUT2D eigenvalue weighted by molar-refractivity contribution is 6.31. The van der Waals surface area contributed by atoms with E-state index in [4.69, 9.17) is 11.6 Å². The van der Waals surface area contributed by atoms with Gasteiger partial charge in [-0.15, -0.1) is 0 Å². The number of anilines is 2. The fraction of sp³-hybridized carbons (Fsp3) is 0.276. The number of rotatable bonds is 2. The second kappa shape index (κ2) is 8.39. The molecule has 0 unspecified atom stereocenters. The molecule has 5 rings (SSSR count). The molecule has 2 atom stereocenters. The zero-order valence-electron chi connectivity index (χ0n) is 19.3. The van der Waals surface area contributed by atoms with E-state index < -0.39 is 0 Å². The van der Waals surface area contributed by atoms with Crippen molar-refractivity contribution in [2.24, 2.45) is 0 Å².